The molecular formula is C11H18ClN3O. The van der Waals surface area contributed by atoms with Gasteiger partial charge in [0, 0.05) is 13.6 Å². The van der Waals surface area contributed by atoms with Crippen LogP contribution in [0.1, 0.15) is 24.3 Å². The quantitative estimate of drug-likeness (QED) is 0.881. The number of nitrogens with two attached hydrogens (primary N) is 1. The fraction of sp³-hybridized carbons (Fsp3) is 0.455. The average molecular weight is 244 g/mol. The third-order valence-corrected chi connectivity index (χ3v) is 1.99. The van der Waals surface area contributed by atoms with Crippen molar-refractivity contribution in [2.45, 2.75) is 13.8 Å². The SMILES string of the molecule is CC(C)CN(C)C(=O)c1ccc(N)cn1.Cl. The van der Waals surface area contributed by atoms with Gasteiger partial charge in [-0.2, -0.15) is 0 Å². The van der Waals surface area contributed by atoms with Gasteiger partial charge >= 0.3 is 0 Å². The molecular weight excluding hydrogens is 226 g/mol. The summed E-state index contributed by atoms with van der Waals surface area (Å²) in [5.74, 6) is 0.386. The Balaban J connectivity index is 0.00000225. The van der Waals surface area contributed by atoms with Gasteiger partial charge in [-0.25, -0.2) is 4.98 Å². The van der Waals surface area contributed by atoms with Crippen LogP contribution in [0.5, 0.6) is 0 Å². The van der Waals surface area contributed by atoms with E-state index in [4.69, 9.17) is 5.73 Å². The Morgan fingerprint density at radius 3 is 2.56 bits per heavy atom. The second-order valence-corrected chi connectivity index (χ2v) is 4.06. The lowest BCUT2D eigenvalue weighted by Crippen LogP contribution is -2.30. The summed E-state index contributed by atoms with van der Waals surface area (Å²) in [6, 6.07) is 3.33. The summed E-state index contributed by atoms with van der Waals surface area (Å²) in [6.45, 7) is 4.87. The summed E-state index contributed by atoms with van der Waals surface area (Å²) in [6.07, 6.45) is 1.50. The molecule has 0 saturated carbocycles. The van der Waals surface area contributed by atoms with E-state index < -0.39 is 0 Å². The molecule has 1 rings (SSSR count). The van der Waals surface area contributed by atoms with E-state index in [2.05, 4.69) is 18.8 Å². The molecule has 0 spiro atoms. The molecule has 1 aromatic rings. The molecule has 4 nitrogen and oxygen atoms in total. The first-order chi connectivity index (χ1) is 7.00. The highest BCUT2D eigenvalue weighted by atomic mass is 35.5. The van der Waals surface area contributed by atoms with Crippen molar-refractivity contribution < 1.29 is 4.79 Å². The van der Waals surface area contributed by atoms with E-state index in [0.717, 1.165) is 6.54 Å². The van der Waals surface area contributed by atoms with Crippen molar-refractivity contribution in [3.63, 3.8) is 0 Å². The zero-order valence-electron chi connectivity index (χ0n) is 9.80. The van der Waals surface area contributed by atoms with Gasteiger partial charge in [0.1, 0.15) is 5.69 Å². The number of pyridine rings is 1. The highest BCUT2D eigenvalue weighted by Gasteiger charge is 2.13. The minimum absolute atomic E-state index is 0. The van der Waals surface area contributed by atoms with Gasteiger partial charge in [0.2, 0.25) is 0 Å². The molecule has 0 aliphatic carbocycles. The summed E-state index contributed by atoms with van der Waals surface area (Å²) in [5.41, 5.74) is 6.50. The van der Waals surface area contributed by atoms with Gasteiger partial charge in [-0.15, -0.1) is 12.4 Å². The van der Waals surface area contributed by atoms with Crippen LogP contribution >= 0.6 is 12.4 Å². The molecule has 0 fully saturated rings. The maximum atomic E-state index is 11.8. The van der Waals surface area contributed by atoms with Gasteiger partial charge in [0.05, 0.1) is 11.9 Å². The van der Waals surface area contributed by atoms with Gasteiger partial charge in [-0.05, 0) is 18.1 Å². The molecule has 0 saturated heterocycles. The van der Waals surface area contributed by atoms with Crippen LogP contribution in [0.4, 0.5) is 5.69 Å². The molecule has 0 aromatic carbocycles. The molecule has 0 aliphatic rings. The number of anilines is 1. The molecule has 16 heavy (non-hydrogen) atoms. The number of halogens is 1. The van der Waals surface area contributed by atoms with Crippen molar-refractivity contribution in [2.75, 3.05) is 19.3 Å². The predicted molar refractivity (Wildman–Crippen MR) is 67.7 cm³/mol. The fourth-order valence-electron chi connectivity index (χ4n) is 1.36. The monoisotopic (exact) mass is 243 g/mol. The summed E-state index contributed by atoms with van der Waals surface area (Å²) < 4.78 is 0. The number of carbonyl (C=O) groups is 1. The Hall–Kier alpha value is -1.29. The van der Waals surface area contributed by atoms with Gasteiger partial charge in [0.25, 0.3) is 5.91 Å². The highest BCUT2D eigenvalue weighted by molar-refractivity contribution is 5.92. The molecule has 1 amide bonds. The molecule has 1 heterocycles. The van der Waals surface area contributed by atoms with Gasteiger partial charge < -0.3 is 10.6 Å². The molecule has 0 unspecified atom stereocenters. The third-order valence-electron chi connectivity index (χ3n) is 1.99. The van der Waals surface area contributed by atoms with E-state index in [0.29, 0.717) is 17.3 Å². The Morgan fingerprint density at radius 1 is 1.50 bits per heavy atom. The van der Waals surface area contributed by atoms with Crippen LogP contribution in [0, 0.1) is 5.92 Å². The average Bonchev–Trinajstić information content (AvgIpc) is 2.17. The number of rotatable bonds is 3. The number of amides is 1. The van der Waals surface area contributed by atoms with Crippen molar-refractivity contribution in [1.29, 1.82) is 0 Å². The standard InChI is InChI=1S/C11H17N3O.ClH/c1-8(2)7-14(3)11(15)10-5-4-9(12)6-13-10;/h4-6,8H,7,12H2,1-3H3;1H. The van der Waals surface area contributed by atoms with Gasteiger partial charge in [-0.1, -0.05) is 13.8 Å². The van der Waals surface area contributed by atoms with E-state index in [-0.39, 0.29) is 18.3 Å². The molecule has 2 N–H and O–H groups in total. The minimum atomic E-state index is -0.0660. The molecule has 0 bridgehead atoms. The van der Waals surface area contributed by atoms with E-state index in [1.165, 1.54) is 6.20 Å². The second-order valence-electron chi connectivity index (χ2n) is 4.06. The number of aromatic nitrogens is 1. The lowest BCUT2D eigenvalue weighted by Gasteiger charge is -2.18. The molecule has 0 aliphatic heterocycles. The number of nitrogen functional groups attached to an aromatic ring is 1. The molecule has 90 valence electrons. The van der Waals surface area contributed by atoms with E-state index >= 15 is 0 Å². The van der Waals surface area contributed by atoms with Crippen molar-refractivity contribution in [1.82, 2.24) is 9.88 Å². The third kappa shape index (κ3) is 4.06. The number of hydrogen-bond acceptors (Lipinski definition) is 3. The van der Waals surface area contributed by atoms with Crippen LogP contribution in [0.25, 0.3) is 0 Å². The lowest BCUT2D eigenvalue weighted by molar-refractivity contribution is 0.0773. The summed E-state index contributed by atoms with van der Waals surface area (Å²) in [4.78, 5) is 17.5. The molecule has 0 atom stereocenters. The van der Waals surface area contributed by atoms with E-state index in [9.17, 15) is 4.79 Å². The van der Waals surface area contributed by atoms with E-state index in [1.54, 1.807) is 24.1 Å². The number of hydrogen-bond donors (Lipinski definition) is 1. The van der Waals surface area contributed by atoms with Crippen LogP contribution < -0.4 is 5.73 Å². The fourth-order valence-corrected chi connectivity index (χ4v) is 1.36. The Labute approximate surface area is 102 Å². The summed E-state index contributed by atoms with van der Waals surface area (Å²) in [5, 5.41) is 0. The first-order valence-electron chi connectivity index (χ1n) is 4.97. The van der Waals surface area contributed by atoms with Crippen molar-refractivity contribution in [2.24, 2.45) is 5.92 Å². The van der Waals surface area contributed by atoms with Crippen LogP contribution in [-0.4, -0.2) is 29.4 Å². The minimum Gasteiger partial charge on any atom is -0.397 e. The van der Waals surface area contributed by atoms with Gasteiger partial charge in [0.15, 0.2) is 0 Å². The Morgan fingerprint density at radius 2 is 2.12 bits per heavy atom. The number of nitrogens with zero attached hydrogens (tertiary/aromatic N) is 2. The Bertz CT molecular complexity index is 338. The summed E-state index contributed by atoms with van der Waals surface area (Å²) in [7, 11) is 1.78. The number of carbonyl (C=O) groups excluding carboxylic acids is 1. The first kappa shape index (κ1) is 14.7. The van der Waals surface area contributed by atoms with Crippen molar-refractivity contribution >= 4 is 24.0 Å². The molecule has 0 radical (unpaired) electrons. The van der Waals surface area contributed by atoms with Gasteiger partial charge in [-0.3, -0.25) is 4.79 Å². The largest absolute Gasteiger partial charge is 0.397 e. The van der Waals surface area contributed by atoms with Crippen LogP contribution in [0.15, 0.2) is 18.3 Å². The zero-order valence-corrected chi connectivity index (χ0v) is 10.6. The lowest BCUT2D eigenvalue weighted by atomic mass is 10.2. The van der Waals surface area contributed by atoms with Crippen molar-refractivity contribution in [3.05, 3.63) is 24.0 Å². The highest BCUT2D eigenvalue weighted by Crippen LogP contribution is 2.05. The van der Waals surface area contributed by atoms with Crippen LogP contribution in [-0.2, 0) is 0 Å². The van der Waals surface area contributed by atoms with Crippen LogP contribution in [0.2, 0.25) is 0 Å². The van der Waals surface area contributed by atoms with Crippen LogP contribution in [0.3, 0.4) is 0 Å². The smallest absolute Gasteiger partial charge is 0.272 e. The predicted octanol–water partition coefficient (Wildman–Crippen LogP) is 1.81. The topological polar surface area (TPSA) is 59.2 Å². The van der Waals surface area contributed by atoms with Crippen molar-refractivity contribution in [3.8, 4) is 0 Å². The maximum Gasteiger partial charge on any atom is 0.272 e. The summed E-state index contributed by atoms with van der Waals surface area (Å²) >= 11 is 0. The maximum absolute atomic E-state index is 11.8. The molecule has 5 heteroatoms. The first-order valence-corrected chi connectivity index (χ1v) is 4.97. The zero-order chi connectivity index (χ0) is 11.4. The second kappa shape index (κ2) is 6.33. The Kier molecular flexibility index (Phi) is 5.82. The normalized spacial score (nSPS) is 9.75. The van der Waals surface area contributed by atoms with E-state index in [1.807, 2.05) is 0 Å². The molecule has 1 aromatic heterocycles.